The minimum absolute atomic E-state index is 0.160. The maximum Gasteiger partial charge on any atom is 0.325 e. The van der Waals surface area contributed by atoms with Crippen LogP contribution < -0.4 is 5.32 Å². The van der Waals surface area contributed by atoms with E-state index in [0.717, 1.165) is 19.4 Å². The summed E-state index contributed by atoms with van der Waals surface area (Å²) in [4.78, 5) is 14.6. The van der Waals surface area contributed by atoms with Gasteiger partial charge in [0.2, 0.25) is 0 Å². The summed E-state index contributed by atoms with van der Waals surface area (Å²) in [5, 5.41) is 3.36. The van der Waals surface area contributed by atoms with E-state index in [1.165, 1.54) is 26.5 Å². The lowest BCUT2D eigenvalue weighted by molar-refractivity contribution is -0.148. The van der Waals surface area contributed by atoms with E-state index < -0.39 is 5.54 Å². The Morgan fingerprint density at radius 2 is 2.10 bits per heavy atom. The van der Waals surface area contributed by atoms with Gasteiger partial charge in [-0.2, -0.15) is 0 Å². The van der Waals surface area contributed by atoms with Gasteiger partial charge in [-0.25, -0.2) is 0 Å². The molecule has 0 aliphatic carbocycles. The van der Waals surface area contributed by atoms with Crippen molar-refractivity contribution < 1.29 is 9.53 Å². The monoisotopic (exact) mass is 284 g/mol. The minimum atomic E-state index is -0.577. The van der Waals surface area contributed by atoms with Crippen LogP contribution in [0.2, 0.25) is 0 Å². The van der Waals surface area contributed by atoms with Gasteiger partial charge in [0.1, 0.15) is 5.54 Å². The van der Waals surface area contributed by atoms with E-state index >= 15 is 0 Å². The fourth-order valence-corrected chi connectivity index (χ4v) is 3.30. The Labute approximate surface area is 124 Å². The predicted molar refractivity (Wildman–Crippen MR) is 82.8 cm³/mol. The lowest BCUT2D eigenvalue weighted by Gasteiger charge is -2.34. The van der Waals surface area contributed by atoms with Gasteiger partial charge in [0.05, 0.1) is 7.11 Å². The number of likely N-dealkylation sites (tertiary alicyclic amines) is 1. The van der Waals surface area contributed by atoms with Gasteiger partial charge in [-0.3, -0.25) is 15.0 Å². The van der Waals surface area contributed by atoms with Crippen molar-refractivity contribution >= 4 is 5.97 Å². The third-order valence-electron chi connectivity index (χ3n) is 4.42. The quantitative estimate of drug-likeness (QED) is 0.730. The van der Waals surface area contributed by atoms with Crippen molar-refractivity contribution in [1.29, 1.82) is 0 Å². The highest BCUT2D eigenvalue weighted by atomic mass is 16.5. The minimum Gasteiger partial charge on any atom is -0.468 e. The molecule has 1 N–H and O–H groups in total. The van der Waals surface area contributed by atoms with Crippen LogP contribution in [-0.4, -0.2) is 48.2 Å². The smallest absolute Gasteiger partial charge is 0.325 e. The zero-order chi connectivity index (χ0) is 15.4. The topological polar surface area (TPSA) is 41.6 Å². The molecule has 4 nitrogen and oxygen atoms in total. The fraction of sp³-hybridized carbons (Fsp3) is 0.938. The first-order chi connectivity index (χ1) is 9.21. The van der Waals surface area contributed by atoms with Crippen molar-refractivity contribution in [2.24, 2.45) is 0 Å². The number of carbonyl (C=O) groups excluding carboxylic acids is 1. The highest BCUT2D eigenvalue weighted by Gasteiger charge is 2.36. The number of methoxy groups -OCH3 is 1. The van der Waals surface area contributed by atoms with Gasteiger partial charge < -0.3 is 4.74 Å². The Morgan fingerprint density at radius 3 is 2.55 bits per heavy atom. The second kappa shape index (κ2) is 6.90. The molecule has 1 heterocycles. The van der Waals surface area contributed by atoms with Crippen LogP contribution in [0.3, 0.4) is 0 Å². The van der Waals surface area contributed by atoms with E-state index in [0.29, 0.717) is 5.54 Å². The van der Waals surface area contributed by atoms with Gasteiger partial charge in [0, 0.05) is 11.6 Å². The number of nitrogens with one attached hydrogen (secondary N) is 1. The lowest BCUT2D eigenvalue weighted by Crippen LogP contribution is -2.53. The van der Waals surface area contributed by atoms with E-state index in [1.807, 2.05) is 6.92 Å². The maximum absolute atomic E-state index is 12.0. The molecule has 1 rings (SSSR count). The molecule has 0 radical (unpaired) electrons. The number of ether oxygens (including phenoxy) is 1. The maximum atomic E-state index is 12.0. The van der Waals surface area contributed by atoms with Crippen LogP contribution in [0.1, 0.15) is 60.3 Å². The zero-order valence-electron chi connectivity index (χ0n) is 14.1. The Hall–Kier alpha value is -0.610. The molecular formula is C16H32N2O2. The number of nitrogens with zero attached hydrogens (tertiary/aromatic N) is 1. The van der Waals surface area contributed by atoms with Crippen LogP contribution >= 0.6 is 0 Å². The summed E-state index contributed by atoms with van der Waals surface area (Å²) < 4.78 is 4.96. The summed E-state index contributed by atoms with van der Waals surface area (Å²) in [5.41, 5.74) is -0.264. The fourth-order valence-electron chi connectivity index (χ4n) is 3.30. The molecule has 4 heteroatoms. The molecule has 0 amide bonds. The summed E-state index contributed by atoms with van der Waals surface area (Å²) in [5.74, 6) is -0.160. The van der Waals surface area contributed by atoms with Crippen LogP contribution in [0.15, 0.2) is 0 Å². The predicted octanol–water partition coefficient (Wildman–Crippen LogP) is 2.57. The third-order valence-corrected chi connectivity index (χ3v) is 4.42. The molecule has 1 aliphatic rings. The van der Waals surface area contributed by atoms with Crippen LogP contribution in [0.5, 0.6) is 0 Å². The first-order valence-corrected chi connectivity index (χ1v) is 7.82. The highest BCUT2D eigenvalue weighted by Crippen LogP contribution is 2.28. The Kier molecular flexibility index (Phi) is 6.02. The lowest BCUT2D eigenvalue weighted by atomic mass is 9.94. The second-order valence-electron chi connectivity index (χ2n) is 7.13. The van der Waals surface area contributed by atoms with Gasteiger partial charge in [0.25, 0.3) is 0 Å². The largest absolute Gasteiger partial charge is 0.468 e. The van der Waals surface area contributed by atoms with Crippen molar-refractivity contribution in [3.05, 3.63) is 0 Å². The molecule has 0 saturated carbocycles. The average molecular weight is 284 g/mol. The van der Waals surface area contributed by atoms with Crippen LogP contribution in [0.25, 0.3) is 0 Å². The Bertz CT molecular complexity index is 328. The number of hydrogen-bond acceptors (Lipinski definition) is 4. The molecule has 0 aromatic heterocycles. The molecule has 0 spiro atoms. The number of rotatable bonds is 7. The third kappa shape index (κ3) is 4.45. The molecule has 20 heavy (non-hydrogen) atoms. The molecule has 1 saturated heterocycles. The highest BCUT2D eigenvalue weighted by molar-refractivity contribution is 5.80. The van der Waals surface area contributed by atoms with Crippen LogP contribution in [0, 0.1) is 0 Å². The zero-order valence-corrected chi connectivity index (χ0v) is 14.1. The number of esters is 1. The van der Waals surface area contributed by atoms with Crippen molar-refractivity contribution in [3.8, 4) is 0 Å². The normalized spacial score (nSPS) is 21.9. The van der Waals surface area contributed by atoms with Crippen molar-refractivity contribution in [2.75, 3.05) is 20.2 Å². The average Bonchev–Trinajstić information content (AvgIpc) is 2.66. The first-order valence-electron chi connectivity index (χ1n) is 7.82. The molecule has 1 unspecified atom stereocenters. The summed E-state index contributed by atoms with van der Waals surface area (Å²) >= 11 is 0. The van der Waals surface area contributed by atoms with Crippen molar-refractivity contribution in [1.82, 2.24) is 10.2 Å². The van der Waals surface area contributed by atoms with E-state index in [-0.39, 0.29) is 12.0 Å². The number of carbonyl (C=O) groups is 1. The summed E-state index contributed by atoms with van der Waals surface area (Å²) in [7, 11) is 1.46. The summed E-state index contributed by atoms with van der Waals surface area (Å²) in [6, 6.07) is 0.266. The van der Waals surface area contributed by atoms with Gasteiger partial charge in [-0.05, 0) is 73.4 Å². The van der Waals surface area contributed by atoms with Gasteiger partial charge in [0.15, 0.2) is 0 Å². The molecule has 1 fully saturated rings. The van der Waals surface area contributed by atoms with Gasteiger partial charge in [-0.1, -0.05) is 0 Å². The molecular weight excluding hydrogens is 252 g/mol. The van der Waals surface area contributed by atoms with Crippen LogP contribution in [0.4, 0.5) is 0 Å². The Morgan fingerprint density at radius 1 is 1.45 bits per heavy atom. The summed E-state index contributed by atoms with van der Waals surface area (Å²) in [6.07, 6.45) is 4.37. The van der Waals surface area contributed by atoms with E-state index in [1.54, 1.807) is 0 Å². The second-order valence-corrected chi connectivity index (χ2v) is 7.13. The van der Waals surface area contributed by atoms with E-state index in [2.05, 4.69) is 37.9 Å². The standard InChI is InChI=1S/C16H32N2O2/c1-13(2)17-16(5,14(19)20-6)10-8-12-18-11-7-9-15(18,3)4/h13,17H,7-12H2,1-6H3. The summed E-state index contributed by atoms with van der Waals surface area (Å²) in [6.45, 7) is 12.9. The van der Waals surface area contributed by atoms with E-state index in [4.69, 9.17) is 4.74 Å². The molecule has 1 aliphatic heterocycles. The molecule has 0 bridgehead atoms. The molecule has 118 valence electrons. The molecule has 0 aromatic rings. The molecule has 1 atom stereocenters. The van der Waals surface area contributed by atoms with Gasteiger partial charge >= 0.3 is 5.97 Å². The number of hydrogen-bond donors (Lipinski definition) is 1. The van der Waals surface area contributed by atoms with Crippen molar-refractivity contribution in [3.63, 3.8) is 0 Å². The molecule has 0 aromatic carbocycles. The van der Waals surface area contributed by atoms with Crippen molar-refractivity contribution in [2.45, 2.75) is 77.4 Å². The van der Waals surface area contributed by atoms with E-state index in [9.17, 15) is 4.79 Å². The Balaban J connectivity index is 2.52. The van der Waals surface area contributed by atoms with Crippen LogP contribution in [-0.2, 0) is 9.53 Å². The first kappa shape index (κ1) is 17.4. The SMILES string of the molecule is COC(=O)C(C)(CCCN1CCCC1(C)C)NC(C)C. The van der Waals surface area contributed by atoms with Gasteiger partial charge in [-0.15, -0.1) is 0 Å².